The number of rotatable bonds is 7. The van der Waals surface area contributed by atoms with E-state index in [4.69, 9.17) is 10.5 Å². The van der Waals surface area contributed by atoms with E-state index in [0.717, 1.165) is 37.7 Å². The molecule has 6 fully saturated rings. The smallest absolute Gasteiger partial charge is 0.324 e. The van der Waals surface area contributed by atoms with Crippen LogP contribution in [0.25, 0.3) is 0 Å². The Bertz CT molecular complexity index is 1240. The van der Waals surface area contributed by atoms with Gasteiger partial charge in [-0.3, -0.25) is 9.59 Å². The number of phenols is 1. The van der Waals surface area contributed by atoms with Gasteiger partial charge in [-0.1, -0.05) is 17.7 Å². The molecule has 0 radical (unpaired) electrons. The molecule has 1 aromatic rings. The molecule has 8 aliphatic rings. The number of amides is 1. The lowest BCUT2D eigenvalue weighted by Crippen LogP contribution is -2.66. The highest BCUT2D eigenvalue weighted by atomic mass is 16.6. The molecular weight excluding hydrogens is 468 g/mol. The zero-order chi connectivity index (χ0) is 25.7. The Balaban J connectivity index is 1.10. The average Bonchev–Trinajstić information content (AvgIpc) is 3.79. The van der Waals surface area contributed by atoms with E-state index in [1.807, 2.05) is 12.1 Å². The number of hydrogen-bond donors (Lipinski definition) is 3. The summed E-state index contributed by atoms with van der Waals surface area (Å²) in [6.07, 6.45) is 6.32. The first kappa shape index (κ1) is 23.2. The van der Waals surface area contributed by atoms with Gasteiger partial charge < -0.3 is 25.8 Å². The zero-order valence-corrected chi connectivity index (χ0v) is 21.2. The van der Waals surface area contributed by atoms with Crippen LogP contribution in [-0.4, -0.2) is 58.7 Å². The van der Waals surface area contributed by atoms with E-state index in [2.05, 4.69) is 11.4 Å². The maximum Gasteiger partial charge on any atom is 0.324 e. The molecule has 1 amide bonds. The molecular formula is C29H34N4O4. The van der Waals surface area contributed by atoms with Crippen molar-refractivity contribution >= 4 is 11.9 Å². The van der Waals surface area contributed by atoms with E-state index in [1.54, 1.807) is 24.1 Å². The van der Waals surface area contributed by atoms with Gasteiger partial charge in [-0.2, -0.15) is 5.26 Å². The highest BCUT2D eigenvalue weighted by Gasteiger charge is 2.71. The number of benzene rings is 1. The van der Waals surface area contributed by atoms with Gasteiger partial charge in [0.25, 0.3) is 0 Å². The first-order chi connectivity index (χ1) is 17.8. The van der Waals surface area contributed by atoms with E-state index in [-0.39, 0.29) is 29.1 Å². The van der Waals surface area contributed by atoms with Crippen molar-refractivity contribution in [3.63, 3.8) is 0 Å². The number of hydrogen-bond acceptors (Lipinski definition) is 7. The monoisotopic (exact) mass is 502 g/mol. The maximum absolute atomic E-state index is 13.8. The number of piperidine rings is 1. The fourth-order valence-electron chi connectivity index (χ4n) is 8.90. The molecule has 1 aromatic carbocycles. The Morgan fingerprint density at radius 2 is 1.92 bits per heavy atom. The number of phenolic OH excluding ortho intramolecular Hbond substituents is 1. The molecule has 6 aliphatic carbocycles. The van der Waals surface area contributed by atoms with Crippen molar-refractivity contribution in [1.82, 2.24) is 10.2 Å². The van der Waals surface area contributed by atoms with E-state index < -0.39 is 23.7 Å². The van der Waals surface area contributed by atoms with Gasteiger partial charge in [-0.15, -0.1) is 0 Å². The minimum absolute atomic E-state index is 0.0841. The summed E-state index contributed by atoms with van der Waals surface area (Å²) >= 11 is 0. The van der Waals surface area contributed by atoms with Crippen molar-refractivity contribution in [2.45, 2.75) is 81.1 Å². The SMILES string of the molecule is CN[C@@H](Cc1ccc(O)cc1)C(=O)OC12CC3CC(C1)CC([C@H](N)C(=O)N1[C@H](C#N)CC4=C5[C@@H]4[C@@H]51)(C3)C2. The van der Waals surface area contributed by atoms with Crippen LogP contribution in [0.2, 0.25) is 0 Å². The van der Waals surface area contributed by atoms with Gasteiger partial charge in [-0.05, 0) is 92.5 Å². The molecule has 2 aliphatic heterocycles. The summed E-state index contributed by atoms with van der Waals surface area (Å²) in [5.41, 5.74) is 9.58. The predicted molar refractivity (Wildman–Crippen MR) is 134 cm³/mol. The van der Waals surface area contributed by atoms with Gasteiger partial charge in [0.05, 0.1) is 18.2 Å². The summed E-state index contributed by atoms with van der Waals surface area (Å²) in [6.45, 7) is 0. The second-order valence-corrected chi connectivity index (χ2v) is 12.6. The van der Waals surface area contributed by atoms with Crippen LogP contribution in [-0.2, 0) is 20.7 Å². The van der Waals surface area contributed by atoms with Crippen LogP contribution in [0.1, 0.15) is 50.5 Å². The van der Waals surface area contributed by atoms with Crippen molar-refractivity contribution in [3.05, 3.63) is 41.0 Å². The van der Waals surface area contributed by atoms with Crippen molar-refractivity contribution in [3.8, 4) is 11.8 Å². The van der Waals surface area contributed by atoms with Gasteiger partial charge in [0.15, 0.2) is 0 Å². The third kappa shape index (κ3) is 3.47. The minimum atomic E-state index is -0.674. The Labute approximate surface area is 216 Å². The van der Waals surface area contributed by atoms with Crippen molar-refractivity contribution in [2.24, 2.45) is 28.9 Å². The molecule has 8 heteroatoms. The molecule has 0 spiro atoms. The first-order valence-corrected chi connectivity index (χ1v) is 13.6. The number of carbonyl (C=O) groups excluding carboxylic acids is 2. The number of esters is 1. The number of likely N-dealkylation sites (N-methyl/N-ethyl adjacent to an activating group) is 1. The van der Waals surface area contributed by atoms with E-state index in [0.29, 0.717) is 37.0 Å². The van der Waals surface area contributed by atoms with Crippen LogP contribution in [0.3, 0.4) is 0 Å². The van der Waals surface area contributed by atoms with Crippen LogP contribution in [0.5, 0.6) is 5.75 Å². The fraction of sp³-hybridized carbons (Fsp3) is 0.621. The second-order valence-electron chi connectivity index (χ2n) is 12.6. The van der Waals surface area contributed by atoms with Crippen molar-refractivity contribution in [2.75, 3.05) is 7.05 Å². The lowest BCUT2D eigenvalue weighted by atomic mass is 9.46. The summed E-state index contributed by atoms with van der Waals surface area (Å²) in [7, 11) is 1.76. The molecule has 6 bridgehead atoms. The van der Waals surface area contributed by atoms with Gasteiger partial charge in [0, 0.05) is 12.3 Å². The Morgan fingerprint density at radius 1 is 1.24 bits per heavy atom. The molecule has 2 heterocycles. The number of fused-ring (bicyclic) bond motifs is 2. The van der Waals surface area contributed by atoms with Crippen LogP contribution in [0, 0.1) is 34.5 Å². The first-order valence-electron chi connectivity index (χ1n) is 13.6. The molecule has 5 saturated carbocycles. The van der Waals surface area contributed by atoms with Gasteiger partial charge in [-0.25, -0.2) is 0 Å². The Kier molecular flexibility index (Phi) is 4.91. The molecule has 1 saturated heterocycles. The molecule has 4 N–H and O–H groups in total. The molecule has 8 nitrogen and oxygen atoms in total. The highest BCUT2D eigenvalue weighted by molar-refractivity contribution is 5.88. The largest absolute Gasteiger partial charge is 0.508 e. The molecule has 37 heavy (non-hydrogen) atoms. The van der Waals surface area contributed by atoms with Crippen molar-refractivity contribution in [1.29, 1.82) is 5.26 Å². The van der Waals surface area contributed by atoms with Crippen LogP contribution in [0.4, 0.5) is 0 Å². The maximum atomic E-state index is 13.8. The normalized spacial score (nSPS) is 39.5. The summed E-state index contributed by atoms with van der Waals surface area (Å²) in [6, 6.07) is 7.74. The van der Waals surface area contributed by atoms with Crippen LogP contribution < -0.4 is 11.1 Å². The number of aromatic hydroxyl groups is 1. The summed E-state index contributed by atoms with van der Waals surface area (Å²) in [4.78, 5) is 29.1. The number of ether oxygens (including phenoxy) is 1. The molecule has 2 unspecified atom stereocenters. The molecule has 9 rings (SSSR count). The Morgan fingerprint density at radius 3 is 2.54 bits per heavy atom. The Hall–Kier alpha value is -2.89. The topological polar surface area (TPSA) is 129 Å². The van der Waals surface area contributed by atoms with Crippen molar-refractivity contribution < 1.29 is 19.4 Å². The quantitative estimate of drug-likeness (QED) is 0.385. The van der Waals surface area contributed by atoms with Gasteiger partial charge in [0.2, 0.25) is 5.91 Å². The second kappa shape index (κ2) is 7.81. The number of nitrogens with zero attached hydrogens (tertiary/aromatic N) is 2. The summed E-state index contributed by atoms with van der Waals surface area (Å²) in [5, 5.41) is 22.4. The van der Waals surface area contributed by atoms with E-state index in [9.17, 15) is 20.0 Å². The number of nitrogens with one attached hydrogen (secondary N) is 1. The third-order valence-electron chi connectivity index (χ3n) is 10.3. The van der Waals surface area contributed by atoms with Gasteiger partial charge in [0.1, 0.15) is 23.4 Å². The van der Waals surface area contributed by atoms with E-state index >= 15 is 0 Å². The number of nitriles is 1. The highest BCUT2D eigenvalue weighted by Crippen LogP contribution is 2.70. The number of nitrogens with two attached hydrogens (primary N) is 1. The van der Waals surface area contributed by atoms with Crippen LogP contribution >= 0.6 is 0 Å². The average molecular weight is 503 g/mol. The summed E-state index contributed by atoms with van der Waals surface area (Å²) in [5.74, 6) is 1.07. The minimum Gasteiger partial charge on any atom is -0.508 e. The zero-order valence-electron chi connectivity index (χ0n) is 21.2. The fourth-order valence-corrected chi connectivity index (χ4v) is 8.90. The lowest BCUT2D eigenvalue weighted by Gasteiger charge is -2.62. The lowest BCUT2D eigenvalue weighted by molar-refractivity contribution is -0.207. The standard InChI is InChI=1S/C29H34N4O4/c1-32-21(7-15-2-4-19(34)5-3-15)27(36)37-29-11-16-6-17(12-29)10-28(9-16,14-29)25(31)26(35)33-18(13-30)8-20-22-23(20)24(22)33/h2-5,16-18,21-22,24-25,32,34H,6-12,14,31H2,1H3/t16?,17?,18-,21-,22+,24-,25+,28?,29?/m0/s1. The number of carbonyl (C=O) groups is 2. The predicted octanol–water partition coefficient (Wildman–Crippen LogP) is 2.17. The van der Waals surface area contributed by atoms with E-state index in [1.165, 1.54) is 11.1 Å². The molecule has 194 valence electrons. The van der Waals surface area contributed by atoms with Crippen LogP contribution in [0.15, 0.2) is 35.4 Å². The third-order valence-corrected chi connectivity index (χ3v) is 10.3. The molecule has 0 aromatic heterocycles. The summed E-state index contributed by atoms with van der Waals surface area (Å²) < 4.78 is 6.38. The van der Waals surface area contributed by atoms with Gasteiger partial charge >= 0.3 is 5.97 Å². The molecule has 7 atom stereocenters.